The molecule has 3 aromatic heterocycles. The molecule has 5 aromatic rings. The van der Waals surface area contributed by atoms with Gasteiger partial charge in [0.15, 0.2) is 5.82 Å². The second-order valence-electron chi connectivity index (χ2n) is 9.40. The van der Waals surface area contributed by atoms with Crippen molar-refractivity contribution in [2.45, 2.75) is 52.9 Å². The highest BCUT2D eigenvalue weighted by molar-refractivity contribution is 7.09. The second kappa shape index (κ2) is 10.7. The van der Waals surface area contributed by atoms with E-state index in [2.05, 4.69) is 62.8 Å². The molecule has 1 atom stereocenters. The van der Waals surface area contributed by atoms with Crippen molar-refractivity contribution in [1.82, 2.24) is 30.1 Å². The van der Waals surface area contributed by atoms with E-state index in [1.54, 1.807) is 28.2 Å². The number of pyridine rings is 1. The van der Waals surface area contributed by atoms with Gasteiger partial charge in [0.05, 0.1) is 18.1 Å². The van der Waals surface area contributed by atoms with Crippen molar-refractivity contribution in [1.29, 1.82) is 0 Å². The van der Waals surface area contributed by atoms with Crippen molar-refractivity contribution >= 4 is 22.2 Å². The predicted molar refractivity (Wildman–Crippen MR) is 144 cm³/mol. The maximum atomic E-state index is 13.4. The van der Waals surface area contributed by atoms with Crippen LogP contribution in [0.5, 0.6) is 0 Å². The van der Waals surface area contributed by atoms with E-state index in [1.165, 1.54) is 17.0 Å². The molecule has 0 unspecified atom stereocenters. The van der Waals surface area contributed by atoms with Gasteiger partial charge in [-0.1, -0.05) is 36.8 Å². The van der Waals surface area contributed by atoms with Crippen LogP contribution in [0.15, 0.2) is 64.8 Å². The van der Waals surface area contributed by atoms with Crippen LogP contribution in [-0.4, -0.2) is 30.1 Å². The fraction of sp³-hybridized carbons (Fsp3) is 0.286. The van der Waals surface area contributed by atoms with Crippen LogP contribution in [0, 0.1) is 19.7 Å². The summed E-state index contributed by atoms with van der Waals surface area (Å²) in [6.07, 6.45) is 0.749. The molecule has 2 aromatic carbocycles. The average Bonchev–Trinajstić information content (AvgIpc) is 3.55. The molecule has 190 valence electrons. The number of thiophene rings is 1. The molecule has 1 N–H and O–H groups in total. The van der Waals surface area contributed by atoms with Crippen LogP contribution in [0.25, 0.3) is 10.9 Å². The zero-order valence-corrected chi connectivity index (χ0v) is 21.9. The van der Waals surface area contributed by atoms with Gasteiger partial charge in [-0.15, -0.1) is 16.4 Å². The second-order valence-corrected chi connectivity index (χ2v) is 10.4. The van der Waals surface area contributed by atoms with Crippen LogP contribution in [0.2, 0.25) is 0 Å². The molecule has 0 saturated heterocycles. The highest BCUT2D eigenvalue weighted by Crippen LogP contribution is 2.28. The van der Waals surface area contributed by atoms with Crippen LogP contribution >= 0.6 is 11.3 Å². The van der Waals surface area contributed by atoms with Crippen LogP contribution in [0.1, 0.15) is 52.3 Å². The van der Waals surface area contributed by atoms with Crippen LogP contribution < -0.4 is 5.56 Å². The van der Waals surface area contributed by atoms with Crippen LogP contribution in [0.3, 0.4) is 0 Å². The maximum Gasteiger partial charge on any atom is 0.252 e. The van der Waals surface area contributed by atoms with Gasteiger partial charge in [-0.25, -0.2) is 9.07 Å². The lowest BCUT2D eigenvalue weighted by Gasteiger charge is -2.30. The molecular weight excluding hydrogens is 487 g/mol. The molecule has 0 saturated carbocycles. The van der Waals surface area contributed by atoms with E-state index in [0.29, 0.717) is 31.0 Å². The van der Waals surface area contributed by atoms with Gasteiger partial charge < -0.3 is 4.98 Å². The van der Waals surface area contributed by atoms with E-state index in [-0.39, 0.29) is 17.4 Å². The number of hydrogen-bond donors (Lipinski definition) is 1. The van der Waals surface area contributed by atoms with Gasteiger partial charge in [0.2, 0.25) is 0 Å². The lowest BCUT2D eigenvalue weighted by molar-refractivity contribution is 0.163. The van der Waals surface area contributed by atoms with Gasteiger partial charge in [-0.3, -0.25) is 9.69 Å². The van der Waals surface area contributed by atoms with E-state index >= 15 is 0 Å². The maximum absolute atomic E-state index is 13.4. The number of aromatic amines is 1. The highest BCUT2D eigenvalue weighted by Gasteiger charge is 2.26. The minimum Gasteiger partial charge on any atom is -0.321 e. The molecule has 7 nitrogen and oxygen atoms in total. The number of fused-ring (bicyclic) bond motifs is 1. The summed E-state index contributed by atoms with van der Waals surface area (Å²) in [6.45, 7) is 7.71. The SMILES string of the molecule is CC[C@@H](c1nnnn1Cc1ccc(F)cc1)N(Cc1cccs1)Cc1cc2cc(C)cc(C)c2[nH]c1=O. The third kappa shape index (κ3) is 5.52. The summed E-state index contributed by atoms with van der Waals surface area (Å²) in [5.41, 5.74) is 4.61. The number of benzene rings is 2. The van der Waals surface area contributed by atoms with Crippen molar-refractivity contribution in [3.05, 3.63) is 109 Å². The van der Waals surface area contributed by atoms with Crippen molar-refractivity contribution in [3.63, 3.8) is 0 Å². The van der Waals surface area contributed by atoms with Crippen LogP contribution in [0.4, 0.5) is 4.39 Å². The van der Waals surface area contributed by atoms with Crippen LogP contribution in [-0.2, 0) is 19.6 Å². The van der Waals surface area contributed by atoms with Crippen molar-refractivity contribution in [3.8, 4) is 0 Å². The summed E-state index contributed by atoms with van der Waals surface area (Å²) >= 11 is 1.68. The predicted octanol–water partition coefficient (Wildman–Crippen LogP) is 5.53. The third-order valence-corrected chi connectivity index (χ3v) is 7.47. The van der Waals surface area contributed by atoms with E-state index < -0.39 is 0 Å². The first-order chi connectivity index (χ1) is 17.9. The first-order valence-corrected chi connectivity index (χ1v) is 13.2. The van der Waals surface area contributed by atoms with Gasteiger partial charge >= 0.3 is 0 Å². The summed E-state index contributed by atoms with van der Waals surface area (Å²) in [4.78, 5) is 19.7. The van der Waals surface area contributed by atoms with Crippen molar-refractivity contribution < 1.29 is 4.39 Å². The molecule has 0 aliphatic heterocycles. The largest absolute Gasteiger partial charge is 0.321 e. The normalized spacial score (nSPS) is 12.5. The molecule has 0 fully saturated rings. The number of nitrogens with zero attached hydrogens (tertiary/aromatic N) is 5. The number of aromatic nitrogens is 5. The van der Waals surface area contributed by atoms with Crippen molar-refractivity contribution in [2.24, 2.45) is 0 Å². The first kappa shape index (κ1) is 25.0. The lowest BCUT2D eigenvalue weighted by atomic mass is 10.0. The average molecular weight is 517 g/mol. The zero-order valence-electron chi connectivity index (χ0n) is 21.1. The molecule has 3 heterocycles. The molecule has 0 aliphatic rings. The van der Waals surface area contributed by atoms with E-state index in [0.717, 1.165) is 34.0 Å². The molecular formula is C28H29FN6OS. The molecule has 9 heteroatoms. The number of tetrazole rings is 1. The van der Waals surface area contributed by atoms with Crippen molar-refractivity contribution in [2.75, 3.05) is 0 Å². The standard InChI is InChI=1S/C28H29FN6OS/c1-4-25(27-31-32-33-35(27)15-20-7-9-23(29)10-8-20)34(17-24-6-5-11-37-24)16-22-14-21-13-18(2)12-19(3)26(21)30-28(22)36/h5-14,25H,4,15-17H2,1-3H3,(H,30,36)/t25-/m0/s1. The number of rotatable bonds is 9. The fourth-order valence-electron chi connectivity index (χ4n) is 4.88. The molecule has 0 radical (unpaired) electrons. The lowest BCUT2D eigenvalue weighted by Crippen LogP contribution is -2.32. The highest BCUT2D eigenvalue weighted by atomic mass is 32.1. The zero-order chi connectivity index (χ0) is 25.9. The Bertz CT molecular complexity index is 1560. The fourth-order valence-corrected chi connectivity index (χ4v) is 5.61. The number of H-pyrrole nitrogens is 1. The molecule has 0 spiro atoms. The monoisotopic (exact) mass is 516 g/mol. The van der Waals surface area contributed by atoms with Gasteiger partial charge in [-0.2, -0.15) is 0 Å². The Morgan fingerprint density at radius 2 is 1.92 bits per heavy atom. The minimum atomic E-state index is -0.278. The van der Waals surface area contributed by atoms with Gasteiger partial charge in [0, 0.05) is 23.5 Å². The number of nitrogens with one attached hydrogen (secondary N) is 1. The number of aryl methyl sites for hydroxylation is 2. The topological polar surface area (TPSA) is 79.7 Å². The van der Waals surface area contributed by atoms with E-state index in [4.69, 9.17) is 0 Å². The molecule has 0 aliphatic carbocycles. The van der Waals surface area contributed by atoms with E-state index in [9.17, 15) is 9.18 Å². The summed E-state index contributed by atoms with van der Waals surface area (Å²) < 4.78 is 15.2. The Kier molecular flexibility index (Phi) is 7.25. The Hall–Kier alpha value is -3.69. The Morgan fingerprint density at radius 3 is 2.65 bits per heavy atom. The van der Waals surface area contributed by atoms with E-state index in [1.807, 2.05) is 19.1 Å². The Morgan fingerprint density at radius 1 is 1.11 bits per heavy atom. The smallest absolute Gasteiger partial charge is 0.252 e. The first-order valence-electron chi connectivity index (χ1n) is 12.3. The summed E-state index contributed by atoms with van der Waals surface area (Å²) in [7, 11) is 0. The minimum absolute atomic E-state index is 0.0867. The Labute approximate surface area is 218 Å². The number of hydrogen-bond acceptors (Lipinski definition) is 6. The summed E-state index contributed by atoms with van der Waals surface area (Å²) in [5, 5.41) is 15.7. The molecule has 5 rings (SSSR count). The molecule has 0 bridgehead atoms. The van der Waals surface area contributed by atoms with Gasteiger partial charge in [0.1, 0.15) is 5.82 Å². The number of halogens is 1. The Balaban J connectivity index is 1.51. The molecule has 37 heavy (non-hydrogen) atoms. The quantitative estimate of drug-likeness (QED) is 0.279. The van der Waals surface area contributed by atoms with Gasteiger partial charge in [0.25, 0.3) is 5.56 Å². The van der Waals surface area contributed by atoms with Gasteiger partial charge in [-0.05, 0) is 82.9 Å². The summed E-state index contributed by atoms with van der Waals surface area (Å²) in [5.74, 6) is 0.438. The molecule has 0 amide bonds. The third-order valence-electron chi connectivity index (χ3n) is 6.61. The summed E-state index contributed by atoms with van der Waals surface area (Å²) in [6, 6.07) is 16.5.